The molecule has 0 aromatic heterocycles. The molecule has 0 unspecified atom stereocenters. The Morgan fingerprint density at radius 2 is 0.581 bits per heavy atom. The molecule has 1 aliphatic carbocycles. The summed E-state index contributed by atoms with van der Waals surface area (Å²) in [5.41, 5.74) is 9.45. The maximum atomic E-state index is 12.5. The molecule has 0 aliphatic heterocycles. The van der Waals surface area contributed by atoms with Crippen LogP contribution in [0.15, 0.2) is 48.5 Å². The normalized spacial score (nSPS) is 12.0. The lowest BCUT2D eigenvalue weighted by Gasteiger charge is -2.20. The van der Waals surface area contributed by atoms with Crippen molar-refractivity contribution >= 4 is 118 Å². The lowest BCUT2D eigenvalue weighted by molar-refractivity contribution is -0.142. The number of hydrogen-bond donors (Lipinski definition) is 24. The Balaban J connectivity index is 1.17. The highest BCUT2D eigenvalue weighted by Gasteiger charge is 2.31. The molecule has 2 aromatic carbocycles. The van der Waals surface area contributed by atoms with Crippen LogP contribution in [0.5, 0.6) is 0 Å². The van der Waals surface area contributed by atoms with E-state index in [1.54, 1.807) is 0 Å². The first-order chi connectivity index (χ1) is 50.0. The van der Waals surface area contributed by atoms with E-state index in [1.807, 2.05) is 48.5 Å². The van der Waals surface area contributed by atoms with Crippen LogP contribution < -0.4 is 107 Å². The molecule has 105 heavy (non-hydrogen) atoms. The van der Waals surface area contributed by atoms with E-state index in [2.05, 4.69) is 101 Å². The molecule has 0 saturated carbocycles. The molecular weight excluding hydrogens is 1400 g/mol. The van der Waals surface area contributed by atoms with E-state index in [0.717, 1.165) is 22.3 Å². The zero-order valence-electron chi connectivity index (χ0n) is 56.2. The molecule has 0 bridgehead atoms. The molecule has 3 rings (SSSR count). The quantitative estimate of drug-likeness (QED) is 0.0274. The number of nitrogens with two attached hydrogens (primary N) is 1. The fourth-order valence-electron chi connectivity index (χ4n) is 8.62. The summed E-state index contributed by atoms with van der Waals surface area (Å²) in [6, 6.07) is 9.27. The number of rotatable bonds is 47. The molecule has 0 spiro atoms. The molecule has 0 saturated heterocycles. The smallest absolute Gasteiger partial charge is 0.407 e. The lowest BCUT2D eigenvalue weighted by Crippen LogP contribution is -2.54. The van der Waals surface area contributed by atoms with Crippen molar-refractivity contribution < 1.29 is 121 Å². The molecule has 45 heteroatoms. The summed E-state index contributed by atoms with van der Waals surface area (Å²) in [6.07, 6.45) is 0.0508. The van der Waals surface area contributed by atoms with Gasteiger partial charge in [-0.25, -0.2) is 9.59 Å². The molecule has 0 radical (unpaired) electrons. The molecule has 0 fully saturated rings. The van der Waals surface area contributed by atoms with Crippen LogP contribution in [-0.4, -0.2) is 294 Å². The number of aliphatic carboxylic acids is 1. The number of nitrogens with one attached hydrogen (secondary N) is 19. The first-order valence-electron chi connectivity index (χ1n) is 31.8. The van der Waals surface area contributed by atoms with Crippen molar-refractivity contribution in [1.82, 2.24) is 101 Å². The number of ether oxygens (including phenoxy) is 1. The average molecular weight is 1490 g/mol. The first kappa shape index (κ1) is 86.7. The van der Waals surface area contributed by atoms with Crippen molar-refractivity contribution in [3.8, 4) is 11.1 Å². The van der Waals surface area contributed by atoms with Crippen LogP contribution in [0.2, 0.25) is 0 Å². The van der Waals surface area contributed by atoms with Gasteiger partial charge in [-0.05, 0) is 48.1 Å². The van der Waals surface area contributed by atoms with Gasteiger partial charge in [0.2, 0.25) is 106 Å². The highest BCUT2D eigenvalue weighted by molar-refractivity contribution is 5.98. The van der Waals surface area contributed by atoms with Gasteiger partial charge >= 0.3 is 12.1 Å². The Labute approximate surface area is 595 Å². The number of fused-ring (bicyclic) bond motifs is 3. The van der Waals surface area contributed by atoms with Crippen molar-refractivity contribution in [3.05, 3.63) is 59.7 Å². The van der Waals surface area contributed by atoms with Gasteiger partial charge in [-0.1, -0.05) is 48.5 Å². The van der Waals surface area contributed by atoms with E-state index < -0.39 is 261 Å². The number of aliphatic hydroxyl groups is 3. The van der Waals surface area contributed by atoms with Gasteiger partial charge < -0.3 is 132 Å². The van der Waals surface area contributed by atoms with Gasteiger partial charge in [0.15, 0.2) is 0 Å². The number of alkyl carbamates (subject to hydrolysis) is 1. The maximum absolute atomic E-state index is 12.5. The Hall–Kier alpha value is -12.5. The first-order valence-corrected chi connectivity index (χ1v) is 31.8. The van der Waals surface area contributed by atoms with Gasteiger partial charge in [0.1, 0.15) is 37.3 Å². The topological polar surface area (TPSA) is 686 Å². The summed E-state index contributed by atoms with van der Waals surface area (Å²) in [4.78, 5) is 245. The molecule has 2 aromatic rings. The Bertz CT molecular complexity index is 3440. The monoisotopic (exact) mass is 1480 g/mol. The number of hydrogen-bond acceptors (Lipinski definition) is 25. The van der Waals surface area contributed by atoms with Gasteiger partial charge in [-0.15, -0.1) is 0 Å². The predicted octanol–water partition coefficient (Wildman–Crippen LogP) is -14.7. The molecule has 574 valence electrons. The third-order valence-corrected chi connectivity index (χ3v) is 14.0. The van der Waals surface area contributed by atoms with Crippen LogP contribution >= 0.6 is 0 Å². The largest absolute Gasteiger partial charge is 0.480 e. The number of carbonyl (C=O) groups is 20. The number of carbonyl (C=O) groups excluding carboxylic acids is 19. The number of benzene rings is 2. The molecule has 19 amide bonds. The van der Waals surface area contributed by atoms with Crippen LogP contribution in [-0.2, 0) is 95.8 Å². The lowest BCUT2D eigenvalue weighted by atomic mass is 9.98. The fraction of sp³-hybridized carbons (Fsp3) is 0.467. The van der Waals surface area contributed by atoms with Gasteiger partial charge in [-0.3, -0.25) is 86.3 Å². The highest BCUT2D eigenvalue weighted by Crippen LogP contribution is 2.44. The van der Waals surface area contributed by atoms with Crippen LogP contribution in [0, 0.1) is 0 Å². The summed E-state index contributed by atoms with van der Waals surface area (Å²) in [5.74, 6) is -18.4. The minimum absolute atomic E-state index is 0.0153. The van der Waals surface area contributed by atoms with E-state index in [-0.39, 0.29) is 18.9 Å². The summed E-state index contributed by atoms with van der Waals surface area (Å²) in [5, 5.41) is 78.8. The summed E-state index contributed by atoms with van der Waals surface area (Å²) >= 11 is 0. The Morgan fingerprint density at radius 3 is 0.857 bits per heavy atom. The number of aliphatic hydroxyl groups excluding tert-OH is 3. The zero-order valence-corrected chi connectivity index (χ0v) is 56.2. The van der Waals surface area contributed by atoms with E-state index in [4.69, 9.17) is 10.5 Å². The Morgan fingerprint density at radius 1 is 0.324 bits per heavy atom. The van der Waals surface area contributed by atoms with Gasteiger partial charge in [-0.2, -0.15) is 0 Å². The highest BCUT2D eigenvalue weighted by atomic mass is 16.5. The molecule has 4 atom stereocenters. The third-order valence-electron chi connectivity index (χ3n) is 14.0. The molecule has 45 nitrogen and oxygen atoms in total. The standard InChI is InChI=1S/C60H84N20O25/c61-12-6-5-11-37(59(102)103)80-58(101)40(30-83)79-55(98)27-73-49(92)21-67-45(88)17-69-51(94)23-75-57(100)39(29-82)78-54(97)26-72-48(91)20-66-43(86)15-63-44(87)16-68-50(93)22-74-56(99)38(28-81)77-53(96)25-71-47(90)19-65-42(85)14-62-41(84)13-64-46(89)18-70-52(95)24-76-60(104)105-31-36-34-9-3-1-7-32(34)33-8-2-4-10-35(33)36/h1-4,7-10,36-40,81-83H,5-6,11-31,61H2,(H,62,84)(H,63,87)(H,64,89)(H,65,85)(H,66,86)(H,67,88)(H,68,93)(H,69,94)(H,70,95)(H,71,90)(H,72,91)(H,73,92)(H,74,99)(H,75,100)(H,76,104)(H,77,96)(H,78,97)(H,79,98)(H,80,101)(H,102,103)/t37-,38-,39-,40-/m0/s1. The van der Waals surface area contributed by atoms with Gasteiger partial charge in [0.25, 0.3) is 0 Å². The van der Waals surface area contributed by atoms with Gasteiger partial charge in [0.05, 0.1) is 111 Å². The minimum Gasteiger partial charge on any atom is -0.480 e. The van der Waals surface area contributed by atoms with Crippen molar-refractivity contribution in [2.24, 2.45) is 5.73 Å². The second-order valence-electron chi connectivity index (χ2n) is 22.0. The second-order valence-corrected chi connectivity index (χ2v) is 22.0. The summed E-state index contributed by atoms with van der Waals surface area (Å²) < 4.78 is 5.37. The number of unbranched alkanes of at least 4 members (excludes halogenated alkanes) is 1. The van der Waals surface area contributed by atoms with Crippen LogP contribution in [0.25, 0.3) is 11.1 Å². The van der Waals surface area contributed by atoms with E-state index in [0.29, 0.717) is 19.4 Å². The van der Waals surface area contributed by atoms with Gasteiger partial charge in [0, 0.05) is 5.92 Å². The zero-order chi connectivity index (χ0) is 77.8. The van der Waals surface area contributed by atoms with Crippen molar-refractivity contribution in [2.45, 2.75) is 49.3 Å². The second kappa shape index (κ2) is 47.6. The SMILES string of the molecule is NCCCC[C@H](NC(=O)[C@H](CO)NC(=O)CNC(=O)CNC(=O)CNC(=O)CNC(=O)[C@H](CO)NC(=O)CNC(=O)CNC(=O)CNC(=O)CNC(=O)CNC(=O)[C@H](CO)NC(=O)CNC(=O)CNC(=O)CNC(=O)CNC(=O)CNC(=O)CNC(=O)OCC1c2ccccc2-c2ccccc21)C(=O)O. The Kier molecular flexibility index (Phi) is 39.3. The average Bonchev–Trinajstić information content (AvgIpc) is 1.62. The van der Waals surface area contributed by atoms with E-state index in [9.17, 15) is 116 Å². The molecular formula is C60H84N20O25. The van der Waals surface area contributed by atoms with E-state index >= 15 is 0 Å². The predicted molar refractivity (Wildman–Crippen MR) is 355 cm³/mol. The van der Waals surface area contributed by atoms with Crippen LogP contribution in [0.1, 0.15) is 36.3 Å². The van der Waals surface area contributed by atoms with Crippen LogP contribution in [0.3, 0.4) is 0 Å². The molecule has 0 heterocycles. The van der Waals surface area contributed by atoms with E-state index in [1.165, 1.54) is 0 Å². The molecule has 1 aliphatic rings. The maximum Gasteiger partial charge on any atom is 0.407 e. The molecule has 25 N–H and O–H groups in total. The van der Waals surface area contributed by atoms with Crippen molar-refractivity contribution in [2.75, 3.05) is 131 Å². The fourth-order valence-corrected chi connectivity index (χ4v) is 8.62. The summed E-state index contributed by atoms with van der Waals surface area (Å²) in [6.45, 7) is -13.1. The number of amides is 19. The van der Waals surface area contributed by atoms with Crippen molar-refractivity contribution in [3.63, 3.8) is 0 Å². The van der Waals surface area contributed by atoms with Crippen molar-refractivity contribution in [1.29, 1.82) is 0 Å². The summed E-state index contributed by atoms with van der Waals surface area (Å²) in [7, 11) is 0. The number of carboxylic acids is 1. The van der Waals surface area contributed by atoms with Crippen LogP contribution in [0.4, 0.5) is 4.79 Å². The minimum atomic E-state index is -1.65. The number of carboxylic acid groups (broad SMARTS) is 1. The third kappa shape index (κ3) is 35.1.